The lowest BCUT2D eigenvalue weighted by Gasteiger charge is -2.31. The first-order chi connectivity index (χ1) is 13.1. The maximum atomic E-state index is 12.8. The van der Waals surface area contributed by atoms with Crippen LogP contribution in [0.15, 0.2) is 17.4 Å². The van der Waals surface area contributed by atoms with E-state index in [0.717, 1.165) is 6.20 Å². The van der Waals surface area contributed by atoms with E-state index in [1.807, 2.05) is 0 Å². The zero-order chi connectivity index (χ0) is 20.9. The Kier molecular flexibility index (Phi) is 9.52. The largest absolute Gasteiger partial charge is 0.511 e. The van der Waals surface area contributed by atoms with Crippen molar-refractivity contribution in [2.24, 2.45) is 10.9 Å². The van der Waals surface area contributed by atoms with E-state index in [1.54, 1.807) is 0 Å². The van der Waals surface area contributed by atoms with E-state index in [4.69, 9.17) is 0 Å². The van der Waals surface area contributed by atoms with Gasteiger partial charge in [0.1, 0.15) is 5.82 Å². The van der Waals surface area contributed by atoms with Crippen LogP contribution in [0.2, 0.25) is 0 Å². The number of alkyl halides is 5. The van der Waals surface area contributed by atoms with Gasteiger partial charge in [0.25, 0.3) is 0 Å². The van der Waals surface area contributed by atoms with Crippen LogP contribution >= 0.6 is 24.0 Å². The van der Waals surface area contributed by atoms with Crippen LogP contribution in [-0.2, 0) is 16.6 Å². The molecule has 8 nitrogen and oxygen atoms in total. The Bertz CT molecular complexity index is 778. The predicted octanol–water partition coefficient (Wildman–Crippen LogP) is 2.12. The minimum absolute atomic E-state index is 0. The number of guanidine groups is 1. The lowest BCUT2D eigenvalue weighted by molar-refractivity contribution is -0.0496. The first-order valence-corrected chi connectivity index (χ1v) is 9.81. The van der Waals surface area contributed by atoms with Crippen molar-refractivity contribution in [3.63, 3.8) is 0 Å². The summed E-state index contributed by atoms with van der Waals surface area (Å²) in [7, 11) is -3.82. The summed E-state index contributed by atoms with van der Waals surface area (Å²) >= 11 is 0. The van der Waals surface area contributed by atoms with Crippen LogP contribution in [0.5, 0.6) is 0 Å². The number of imidazole rings is 1. The van der Waals surface area contributed by atoms with Crippen LogP contribution < -0.4 is 10.6 Å². The molecule has 1 saturated heterocycles. The summed E-state index contributed by atoms with van der Waals surface area (Å²) in [5, 5.41) is 5.79. The van der Waals surface area contributed by atoms with Crippen LogP contribution in [0.25, 0.3) is 0 Å². The Morgan fingerprint density at radius 2 is 1.93 bits per heavy atom. The third-order valence-electron chi connectivity index (χ3n) is 4.36. The highest BCUT2D eigenvalue weighted by Gasteiger charge is 2.50. The van der Waals surface area contributed by atoms with Crippen molar-refractivity contribution in [2.75, 3.05) is 26.7 Å². The molecule has 2 N–H and O–H groups in total. The maximum Gasteiger partial charge on any atom is 0.511 e. The van der Waals surface area contributed by atoms with Crippen molar-refractivity contribution < 1.29 is 30.4 Å². The molecule has 15 heteroatoms. The topological polar surface area (TPSA) is 91.6 Å². The number of sulfonamides is 1. The highest BCUT2D eigenvalue weighted by Crippen LogP contribution is 2.30. The standard InChI is InChI=1S/C14H21F5N6O2S.HI/c1-20-13(23-9-11-21-4-7-25(11)12(15)16)22-8-10-2-5-24(6-3-10)28(26,27)14(17,18)19;/h4,7,10,12H,2-3,5-6,8-9H2,1H3,(H2,20,22,23);1H. The third kappa shape index (κ3) is 6.63. The molecule has 1 aromatic heterocycles. The SMILES string of the molecule is CN=C(NCc1nccn1C(F)F)NCC1CCN(S(=O)(=O)C(F)(F)F)CC1.I. The van der Waals surface area contributed by atoms with Gasteiger partial charge >= 0.3 is 22.1 Å². The lowest BCUT2D eigenvalue weighted by atomic mass is 9.98. The maximum absolute atomic E-state index is 12.8. The Labute approximate surface area is 182 Å². The molecule has 0 atom stereocenters. The molecular weight excluding hydrogens is 538 g/mol. The van der Waals surface area contributed by atoms with Gasteiger partial charge in [-0.1, -0.05) is 0 Å². The van der Waals surface area contributed by atoms with Crippen molar-refractivity contribution >= 4 is 40.0 Å². The molecule has 168 valence electrons. The first-order valence-electron chi connectivity index (χ1n) is 8.37. The first kappa shape index (κ1) is 25.8. The lowest BCUT2D eigenvalue weighted by Crippen LogP contribution is -2.47. The van der Waals surface area contributed by atoms with E-state index in [0.29, 0.717) is 21.4 Å². The summed E-state index contributed by atoms with van der Waals surface area (Å²) in [5.41, 5.74) is -5.30. The van der Waals surface area contributed by atoms with Crippen molar-refractivity contribution in [1.82, 2.24) is 24.5 Å². The molecule has 1 aliphatic rings. The molecule has 0 saturated carbocycles. The van der Waals surface area contributed by atoms with E-state index < -0.39 is 22.1 Å². The number of halogens is 6. The molecule has 1 fully saturated rings. The summed E-state index contributed by atoms with van der Waals surface area (Å²) in [6, 6.07) is 0. The summed E-state index contributed by atoms with van der Waals surface area (Å²) in [6.07, 6.45) is 2.92. The monoisotopic (exact) mass is 560 g/mol. The highest BCUT2D eigenvalue weighted by atomic mass is 127. The highest BCUT2D eigenvalue weighted by molar-refractivity contribution is 14.0. The summed E-state index contributed by atoms with van der Waals surface area (Å²) < 4.78 is 87.2. The minimum atomic E-state index is -5.30. The number of aliphatic imine (C=N–C) groups is 1. The van der Waals surface area contributed by atoms with E-state index in [-0.39, 0.29) is 68.2 Å². The van der Waals surface area contributed by atoms with Crippen molar-refractivity contribution in [1.29, 1.82) is 0 Å². The Hall–Kier alpha value is -1.23. The number of hydrogen-bond donors (Lipinski definition) is 2. The van der Waals surface area contributed by atoms with E-state index >= 15 is 0 Å². The summed E-state index contributed by atoms with van der Waals surface area (Å²) in [5.74, 6) is 0.374. The molecule has 1 aromatic rings. The molecule has 0 aromatic carbocycles. The van der Waals surface area contributed by atoms with Gasteiger partial charge in [-0.3, -0.25) is 9.56 Å². The average Bonchev–Trinajstić information content (AvgIpc) is 3.10. The molecule has 2 rings (SSSR count). The second-order valence-electron chi connectivity index (χ2n) is 6.13. The molecule has 0 amide bonds. The molecule has 29 heavy (non-hydrogen) atoms. The second-order valence-corrected chi connectivity index (χ2v) is 8.06. The van der Waals surface area contributed by atoms with Crippen LogP contribution in [0.4, 0.5) is 22.0 Å². The van der Waals surface area contributed by atoms with Crippen LogP contribution in [0.3, 0.4) is 0 Å². The fourth-order valence-electron chi connectivity index (χ4n) is 2.78. The van der Waals surface area contributed by atoms with Gasteiger partial charge in [-0.05, 0) is 18.8 Å². The fourth-order valence-corrected chi connectivity index (χ4v) is 3.77. The molecule has 0 spiro atoms. The van der Waals surface area contributed by atoms with Gasteiger partial charge in [-0.15, -0.1) is 24.0 Å². The van der Waals surface area contributed by atoms with Gasteiger partial charge < -0.3 is 10.6 Å². The average molecular weight is 560 g/mol. The van der Waals surface area contributed by atoms with Gasteiger partial charge in [-0.25, -0.2) is 13.4 Å². The Morgan fingerprint density at radius 1 is 1.31 bits per heavy atom. The molecule has 0 unspecified atom stereocenters. The van der Waals surface area contributed by atoms with Crippen molar-refractivity contribution in [3.05, 3.63) is 18.2 Å². The van der Waals surface area contributed by atoms with E-state index in [9.17, 15) is 30.4 Å². The normalized spacial score (nSPS) is 17.3. The number of nitrogens with zero attached hydrogens (tertiary/aromatic N) is 4. The molecule has 0 aliphatic carbocycles. The Balaban J connectivity index is 0.00000420. The molecule has 0 radical (unpaired) electrons. The second kappa shape index (κ2) is 10.7. The van der Waals surface area contributed by atoms with Gasteiger partial charge in [0.05, 0.1) is 6.54 Å². The zero-order valence-electron chi connectivity index (χ0n) is 15.4. The predicted molar refractivity (Wildman–Crippen MR) is 106 cm³/mol. The van der Waals surface area contributed by atoms with Gasteiger partial charge in [0.15, 0.2) is 5.96 Å². The smallest absolute Gasteiger partial charge is 0.356 e. The summed E-state index contributed by atoms with van der Waals surface area (Å²) in [4.78, 5) is 7.78. The van der Waals surface area contributed by atoms with Gasteiger partial charge in [0.2, 0.25) is 0 Å². The number of hydrogen-bond acceptors (Lipinski definition) is 4. The fraction of sp³-hybridized carbons (Fsp3) is 0.714. The van der Waals surface area contributed by atoms with Crippen LogP contribution in [0.1, 0.15) is 25.2 Å². The Morgan fingerprint density at radius 3 is 2.45 bits per heavy atom. The minimum Gasteiger partial charge on any atom is -0.356 e. The zero-order valence-corrected chi connectivity index (χ0v) is 18.5. The van der Waals surface area contributed by atoms with Crippen molar-refractivity contribution in [2.45, 2.75) is 31.4 Å². The van der Waals surface area contributed by atoms with Crippen molar-refractivity contribution in [3.8, 4) is 0 Å². The van der Waals surface area contributed by atoms with E-state index in [2.05, 4.69) is 20.6 Å². The number of nitrogens with one attached hydrogen (secondary N) is 2. The van der Waals surface area contributed by atoms with Gasteiger partial charge in [-0.2, -0.15) is 26.3 Å². The molecule has 2 heterocycles. The number of aromatic nitrogens is 2. The van der Waals surface area contributed by atoms with Gasteiger partial charge in [0, 0.05) is 39.1 Å². The quantitative estimate of drug-likeness (QED) is 0.241. The third-order valence-corrected chi connectivity index (χ3v) is 5.99. The summed E-state index contributed by atoms with van der Waals surface area (Å²) in [6.45, 7) is -2.80. The molecule has 1 aliphatic heterocycles. The molecular formula is C14H22F5IN6O2S. The van der Waals surface area contributed by atoms with Crippen LogP contribution in [0, 0.1) is 5.92 Å². The van der Waals surface area contributed by atoms with Crippen LogP contribution in [-0.4, -0.2) is 60.4 Å². The number of rotatable bonds is 6. The number of piperidine rings is 1. The van der Waals surface area contributed by atoms with E-state index in [1.165, 1.54) is 13.2 Å². The molecule has 0 bridgehead atoms.